The van der Waals surface area contributed by atoms with Gasteiger partial charge in [0.2, 0.25) is 5.91 Å². The van der Waals surface area contributed by atoms with Crippen molar-refractivity contribution in [2.75, 3.05) is 13.1 Å². The number of rotatable bonds is 5. The number of aromatic nitrogens is 4. The summed E-state index contributed by atoms with van der Waals surface area (Å²) in [7, 11) is 0. The zero-order chi connectivity index (χ0) is 24.1. The molecule has 0 spiro atoms. The Bertz CT molecular complexity index is 1510. The van der Waals surface area contributed by atoms with Crippen molar-refractivity contribution in [2.45, 2.75) is 25.7 Å². The van der Waals surface area contributed by atoms with Crippen molar-refractivity contribution >= 4 is 28.4 Å². The molecule has 2 aromatic carbocycles. The number of aromatic amines is 1. The van der Waals surface area contributed by atoms with Gasteiger partial charge in [0.25, 0.3) is 0 Å². The normalized spacial score (nSPS) is 17.9. The van der Waals surface area contributed by atoms with Crippen LogP contribution in [0.2, 0.25) is 5.02 Å². The molecule has 35 heavy (non-hydrogen) atoms. The van der Waals surface area contributed by atoms with E-state index < -0.39 is 11.5 Å². The Labute approximate surface area is 205 Å². The summed E-state index contributed by atoms with van der Waals surface area (Å²) in [5, 5.41) is 7.90. The van der Waals surface area contributed by atoms with Crippen molar-refractivity contribution in [3.05, 3.63) is 75.8 Å². The first kappa shape index (κ1) is 22.0. The number of carbonyl (C=O) groups excluding carboxylic acids is 1. The smallest absolute Gasteiger partial charge is 0.342 e. The third kappa shape index (κ3) is 4.12. The number of hydrogen-bond acceptors (Lipinski definition) is 4. The van der Waals surface area contributed by atoms with Crippen LogP contribution in [0.5, 0.6) is 0 Å². The van der Waals surface area contributed by atoms with Crippen LogP contribution in [-0.4, -0.2) is 43.6 Å². The summed E-state index contributed by atoms with van der Waals surface area (Å²) in [6.07, 6.45) is 4.95. The predicted octanol–water partition coefficient (Wildman–Crippen LogP) is 4.37. The average Bonchev–Trinajstić information content (AvgIpc) is 3.51. The molecule has 0 radical (unpaired) electrons. The van der Waals surface area contributed by atoms with Gasteiger partial charge in [-0.3, -0.25) is 9.78 Å². The molecule has 1 atom stereocenters. The summed E-state index contributed by atoms with van der Waals surface area (Å²) in [5.41, 5.74) is 1.56. The Kier molecular flexibility index (Phi) is 5.40. The maximum absolute atomic E-state index is 15.4. The zero-order valence-electron chi connectivity index (χ0n) is 18.9. The van der Waals surface area contributed by atoms with Crippen LogP contribution < -0.4 is 5.69 Å². The molecule has 1 saturated carbocycles. The largest absolute Gasteiger partial charge is 0.348 e. The van der Waals surface area contributed by atoms with Gasteiger partial charge in [-0.25, -0.2) is 18.9 Å². The van der Waals surface area contributed by atoms with Gasteiger partial charge in [-0.1, -0.05) is 29.8 Å². The lowest BCUT2D eigenvalue weighted by Gasteiger charge is -2.16. The molecule has 9 heteroatoms. The van der Waals surface area contributed by atoms with E-state index in [9.17, 15) is 9.59 Å². The zero-order valence-corrected chi connectivity index (χ0v) is 19.6. The minimum Gasteiger partial charge on any atom is -0.342 e. The fourth-order valence-electron chi connectivity index (χ4n) is 4.92. The number of nitrogens with zero attached hydrogens (tertiary/aromatic N) is 4. The monoisotopic (exact) mass is 491 g/mol. The van der Waals surface area contributed by atoms with Gasteiger partial charge < -0.3 is 4.90 Å². The summed E-state index contributed by atoms with van der Waals surface area (Å²) in [5.74, 6) is 0.426. The Morgan fingerprint density at radius 3 is 2.86 bits per heavy atom. The number of amides is 1. The van der Waals surface area contributed by atoms with E-state index in [0.717, 1.165) is 35.7 Å². The quantitative estimate of drug-likeness (QED) is 0.449. The highest BCUT2D eigenvalue weighted by atomic mass is 35.5. The number of H-pyrrole nitrogens is 1. The number of fused-ring (bicyclic) bond motifs is 1. The van der Waals surface area contributed by atoms with E-state index in [1.165, 1.54) is 16.7 Å². The van der Waals surface area contributed by atoms with Gasteiger partial charge in [-0.05, 0) is 55.0 Å². The minimum absolute atomic E-state index is 0.0512. The number of halogens is 2. The maximum Gasteiger partial charge on any atom is 0.348 e. The van der Waals surface area contributed by atoms with E-state index in [1.807, 2.05) is 35.2 Å². The third-order valence-corrected chi connectivity index (χ3v) is 7.24. The van der Waals surface area contributed by atoms with E-state index in [-0.39, 0.29) is 23.4 Å². The molecule has 1 saturated heterocycles. The second kappa shape index (κ2) is 8.61. The summed E-state index contributed by atoms with van der Waals surface area (Å²) in [6, 6.07) is 12.3. The molecule has 3 heterocycles. The summed E-state index contributed by atoms with van der Waals surface area (Å²) >= 11 is 6.59. The van der Waals surface area contributed by atoms with Crippen molar-refractivity contribution in [3.63, 3.8) is 0 Å². The number of nitrogens with one attached hydrogen (secondary N) is 1. The fourth-order valence-corrected chi connectivity index (χ4v) is 5.19. The van der Waals surface area contributed by atoms with Crippen LogP contribution in [0.4, 0.5) is 4.39 Å². The van der Waals surface area contributed by atoms with Crippen LogP contribution in [0.1, 0.15) is 25.1 Å². The molecule has 1 amide bonds. The van der Waals surface area contributed by atoms with Crippen molar-refractivity contribution < 1.29 is 9.18 Å². The van der Waals surface area contributed by atoms with Crippen molar-refractivity contribution in [1.82, 2.24) is 24.6 Å². The van der Waals surface area contributed by atoms with Crippen LogP contribution in [0.25, 0.3) is 27.7 Å². The first-order valence-corrected chi connectivity index (χ1v) is 12.2. The van der Waals surface area contributed by atoms with Crippen molar-refractivity contribution in [1.29, 1.82) is 0 Å². The molecule has 7 nitrogen and oxygen atoms in total. The topological polar surface area (TPSA) is 83.9 Å². The van der Waals surface area contributed by atoms with Crippen LogP contribution in [0.3, 0.4) is 0 Å². The Morgan fingerprint density at radius 2 is 2.03 bits per heavy atom. The van der Waals surface area contributed by atoms with Gasteiger partial charge in [0.15, 0.2) is 0 Å². The number of benzene rings is 2. The molecular formula is C26H23ClFN5O2. The Balaban J connectivity index is 1.29. The molecule has 2 aliphatic rings. The second-order valence-corrected chi connectivity index (χ2v) is 9.80. The second-order valence-electron chi connectivity index (χ2n) is 9.39. The van der Waals surface area contributed by atoms with Gasteiger partial charge in [0, 0.05) is 42.6 Å². The lowest BCUT2D eigenvalue weighted by molar-refractivity contribution is -0.131. The van der Waals surface area contributed by atoms with E-state index >= 15 is 4.39 Å². The van der Waals surface area contributed by atoms with Gasteiger partial charge >= 0.3 is 5.69 Å². The van der Waals surface area contributed by atoms with Crippen LogP contribution in [0, 0.1) is 17.7 Å². The van der Waals surface area contributed by atoms with Crippen LogP contribution >= 0.6 is 11.6 Å². The highest BCUT2D eigenvalue weighted by Crippen LogP contribution is 2.35. The highest BCUT2D eigenvalue weighted by Gasteiger charge is 2.37. The molecule has 0 unspecified atom stereocenters. The van der Waals surface area contributed by atoms with Gasteiger partial charge in [-0.15, -0.1) is 0 Å². The van der Waals surface area contributed by atoms with E-state index in [1.54, 1.807) is 6.20 Å². The lowest BCUT2D eigenvalue weighted by atomic mass is 10.0. The predicted molar refractivity (Wildman–Crippen MR) is 131 cm³/mol. The van der Waals surface area contributed by atoms with Gasteiger partial charge in [0.05, 0.1) is 16.2 Å². The summed E-state index contributed by atoms with van der Waals surface area (Å²) in [6.45, 7) is 1.35. The molecule has 178 valence electrons. The van der Waals surface area contributed by atoms with E-state index in [2.05, 4.69) is 15.2 Å². The molecular weight excluding hydrogens is 469 g/mol. The van der Waals surface area contributed by atoms with Crippen LogP contribution in [-0.2, 0) is 11.2 Å². The molecule has 6 rings (SSSR count). The first-order valence-electron chi connectivity index (χ1n) is 11.8. The molecule has 0 bridgehead atoms. The maximum atomic E-state index is 15.4. The van der Waals surface area contributed by atoms with Crippen molar-refractivity contribution in [3.8, 4) is 16.8 Å². The Morgan fingerprint density at radius 1 is 1.17 bits per heavy atom. The molecule has 2 aromatic heterocycles. The first-order chi connectivity index (χ1) is 17.0. The fraction of sp³-hybridized carbons (Fsp3) is 0.308. The molecule has 4 aromatic rings. The molecule has 1 aliphatic heterocycles. The highest BCUT2D eigenvalue weighted by molar-refractivity contribution is 6.33. The number of pyridine rings is 1. The molecule has 2 fully saturated rings. The average molecular weight is 492 g/mol. The van der Waals surface area contributed by atoms with E-state index in [4.69, 9.17) is 11.6 Å². The SMILES string of the molecule is O=C(C1CC1)N1CC[C@@H](Cc2n[nH]c(=O)n2-c2cc(Cl)c(-c3ccc4cccnc4c3)cc2F)C1. The number of likely N-dealkylation sites (tertiary alicyclic amines) is 1. The minimum atomic E-state index is -0.577. The summed E-state index contributed by atoms with van der Waals surface area (Å²) in [4.78, 5) is 31.3. The Hall–Kier alpha value is -3.52. The number of carbonyl (C=O) groups is 1. The molecule has 1 N–H and O–H groups in total. The van der Waals surface area contributed by atoms with Gasteiger partial charge in [0.1, 0.15) is 11.6 Å². The van der Waals surface area contributed by atoms with Crippen molar-refractivity contribution in [2.24, 2.45) is 11.8 Å². The summed E-state index contributed by atoms with van der Waals surface area (Å²) < 4.78 is 16.6. The standard InChI is InChI=1S/C26H23ClFN5O2/c27-20-13-23(21(28)12-19(20)18-6-3-16-2-1-8-29-22(16)11-18)33-24(30-31-26(33)35)10-15-7-9-32(14-15)25(34)17-4-5-17/h1-3,6,8,11-13,15,17H,4-5,7,9-10,14H2,(H,31,35)/t15-/m0/s1. The van der Waals surface area contributed by atoms with E-state index in [0.29, 0.717) is 35.9 Å². The van der Waals surface area contributed by atoms with Crippen LogP contribution in [0.15, 0.2) is 53.5 Å². The van der Waals surface area contributed by atoms with Gasteiger partial charge in [-0.2, -0.15) is 5.10 Å². The lowest BCUT2D eigenvalue weighted by Crippen LogP contribution is -2.30. The third-order valence-electron chi connectivity index (χ3n) is 6.93. The number of hydrogen-bond donors (Lipinski definition) is 1. The molecule has 1 aliphatic carbocycles.